The van der Waals surface area contributed by atoms with Crippen molar-refractivity contribution >= 4 is 0 Å². The summed E-state index contributed by atoms with van der Waals surface area (Å²) in [5.74, 6) is 1.75. The number of hydrogen-bond acceptors (Lipinski definition) is 2. The summed E-state index contributed by atoms with van der Waals surface area (Å²) in [7, 11) is 2.01. The zero-order chi connectivity index (χ0) is 12.0. The molecule has 0 bridgehead atoms. The Morgan fingerprint density at radius 2 is 2.19 bits per heavy atom. The van der Waals surface area contributed by atoms with Crippen molar-refractivity contribution in [2.24, 2.45) is 18.7 Å². The summed E-state index contributed by atoms with van der Waals surface area (Å²) >= 11 is 0. The van der Waals surface area contributed by atoms with Gasteiger partial charge in [-0.1, -0.05) is 39.5 Å². The number of nitrogens with two attached hydrogens (primary N) is 1. The van der Waals surface area contributed by atoms with Crippen molar-refractivity contribution in [3.05, 3.63) is 18.2 Å². The lowest BCUT2D eigenvalue weighted by Gasteiger charge is -2.19. The van der Waals surface area contributed by atoms with E-state index in [1.54, 1.807) is 0 Å². The summed E-state index contributed by atoms with van der Waals surface area (Å²) in [6, 6.07) is 0.0850. The largest absolute Gasteiger partial charge is 0.337 e. The van der Waals surface area contributed by atoms with Crippen LogP contribution in [0.25, 0.3) is 0 Å². The molecule has 16 heavy (non-hydrogen) atoms. The molecule has 1 heterocycles. The molecule has 0 aliphatic carbocycles. The maximum atomic E-state index is 6.21. The van der Waals surface area contributed by atoms with Crippen molar-refractivity contribution in [1.82, 2.24) is 9.55 Å². The third kappa shape index (κ3) is 3.63. The maximum Gasteiger partial charge on any atom is 0.125 e. The van der Waals surface area contributed by atoms with Crippen LogP contribution in [0.1, 0.15) is 57.8 Å². The standard InChI is InChI=1S/C13H25N3/c1-4-6-7-11(5-2)10-12(14)13-15-8-9-16(13)3/h8-9,11-12H,4-7,10,14H2,1-3H3. The summed E-state index contributed by atoms with van der Waals surface area (Å²) < 4.78 is 2.03. The maximum absolute atomic E-state index is 6.21. The normalized spacial score (nSPS) is 15.0. The molecule has 2 N–H and O–H groups in total. The third-order valence-corrected chi connectivity index (χ3v) is 3.32. The van der Waals surface area contributed by atoms with Crippen LogP contribution in [0.5, 0.6) is 0 Å². The Labute approximate surface area is 99.1 Å². The Hall–Kier alpha value is -0.830. The predicted molar refractivity (Wildman–Crippen MR) is 68.1 cm³/mol. The van der Waals surface area contributed by atoms with E-state index in [0.717, 1.165) is 18.2 Å². The van der Waals surface area contributed by atoms with Crippen molar-refractivity contribution in [1.29, 1.82) is 0 Å². The molecule has 2 unspecified atom stereocenters. The Bertz CT molecular complexity index is 293. The molecule has 0 fully saturated rings. The second kappa shape index (κ2) is 6.69. The third-order valence-electron chi connectivity index (χ3n) is 3.32. The lowest BCUT2D eigenvalue weighted by Crippen LogP contribution is -2.19. The van der Waals surface area contributed by atoms with E-state index < -0.39 is 0 Å². The summed E-state index contributed by atoms with van der Waals surface area (Å²) in [5, 5.41) is 0. The quantitative estimate of drug-likeness (QED) is 0.772. The van der Waals surface area contributed by atoms with E-state index in [4.69, 9.17) is 5.73 Å². The van der Waals surface area contributed by atoms with Gasteiger partial charge < -0.3 is 10.3 Å². The molecule has 0 saturated carbocycles. The van der Waals surface area contributed by atoms with Gasteiger partial charge in [0.2, 0.25) is 0 Å². The van der Waals surface area contributed by atoms with E-state index in [2.05, 4.69) is 18.8 Å². The molecule has 92 valence electrons. The second-order valence-electron chi connectivity index (χ2n) is 4.66. The van der Waals surface area contributed by atoms with Gasteiger partial charge in [0, 0.05) is 19.4 Å². The van der Waals surface area contributed by atoms with Crippen LogP contribution in [0.3, 0.4) is 0 Å². The molecule has 0 radical (unpaired) electrons. The smallest absolute Gasteiger partial charge is 0.125 e. The molecule has 2 atom stereocenters. The van der Waals surface area contributed by atoms with Gasteiger partial charge in [-0.3, -0.25) is 0 Å². The topological polar surface area (TPSA) is 43.8 Å². The monoisotopic (exact) mass is 223 g/mol. The van der Waals surface area contributed by atoms with Gasteiger partial charge in [0.1, 0.15) is 5.82 Å². The van der Waals surface area contributed by atoms with Gasteiger partial charge in [-0.15, -0.1) is 0 Å². The van der Waals surface area contributed by atoms with Gasteiger partial charge in [0.05, 0.1) is 6.04 Å². The van der Waals surface area contributed by atoms with Crippen molar-refractivity contribution in [3.63, 3.8) is 0 Å². The molecule has 0 aromatic carbocycles. The highest BCUT2D eigenvalue weighted by atomic mass is 15.1. The molecule has 0 saturated heterocycles. The van der Waals surface area contributed by atoms with Crippen molar-refractivity contribution in [2.45, 2.75) is 52.0 Å². The Kier molecular flexibility index (Phi) is 5.53. The van der Waals surface area contributed by atoms with Crippen molar-refractivity contribution in [3.8, 4) is 0 Å². The molecular weight excluding hydrogens is 198 g/mol. The van der Waals surface area contributed by atoms with E-state index in [0.29, 0.717) is 0 Å². The minimum atomic E-state index is 0.0850. The van der Waals surface area contributed by atoms with Crippen LogP contribution in [0.2, 0.25) is 0 Å². The molecular formula is C13H25N3. The minimum absolute atomic E-state index is 0.0850. The fourth-order valence-corrected chi connectivity index (χ4v) is 2.18. The molecule has 0 aliphatic rings. The predicted octanol–water partition coefficient (Wildman–Crippen LogP) is 3.03. The number of rotatable bonds is 7. The average Bonchev–Trinajstić information content (AvgIpc) is 2.70. The molecule has 0 aliphatic heterocycles. The first-order valence-electron chi connectivity index (χ1n) is 6.41. The lowest BCUT2D eigenvalue weighted by molar-refractivity contribution is 0.379. The first-order chi connectivity index (χ1) is 7.69. The summed E-state index contributed by atoms with van der Waals surface area (Å²) in [6.45, 7) is 4.50. The first-order valence-corrected chi connectivity index (χ1v) is 6.41. The molecule has 1 aromatic heterocycles. The van der Waals surface area contributed by atoms with Crippen LogP contribution < -0.4 is 5.73 Å². The zero-order valence-corrected chi connectivity index (χ0v) is 10.8. The second-order valence-corrected chi connectivity index (χ2v) is 4.66. The summed E-state index contributed by atoms with van der Waals surface area (Å²) in [6.07, 6.45) is 9.94. The molecule has 1 rings (SSSR count). The number of imidazole rings is 1. The van der Waals surface area contributed by atoms with Crippen molar-refractivity contribution < 1.29 is 0 Å². The zero-order valence-electron chi connectivity index (χ0n) is 10.8. The Morgan fingerprint density at radius 3 is 2.69 bits per heavy atom. The van der Waals surface area contributed by atoms with Crippen LogP contribution in [0.15, 0.2) is 12.4 Å². The highest BCUT2D eigenvalue weighted by Crippen LogP contribution is 2.23. The first kappa shape index (κ1) is 13.2. The van der Waals surface area contributed by atoms with E-state index in [9.17, 15) is 0 Å². The average molecular weight is 223 g/mol. The van der Waals surface area contributed by atoms with Gasteiger partial charge in [-0.25, -0.2) is 4.98 Å². The van der Waals surface area contributed by atoms with E-state index >= 15 is 0 Å². The highest BCUT2D eigenvalue weighted by molar-refractivity contribution is 4.97. The van der Waals surface area contributed by atoms with E-state index in [1.165, 1.54) is 25.7 Å². The lowest BCUT2D eigenvalue weighted by atomic mass is 9.92. The van der Waals surface area contributed by atoms with Crippen LogP contribution in [-0.2, 0) is 7.05 Å². The Balaban J connectivity index is 2.48. The molecule has 0 amide bonds. The van der Waals surface area contributed by atoms with Gasteiger partial charge in [-0.2, -0.15) is 0 Å². The number of aromatic nitrogens is 2. The fourth-order valence-electron chi connectivity index (χ4n) is 2.18. The van der Waals surface area contributed by atoms with Gasteiger partial charge >= 0.3 is 0 Å². The number of nitrogens with zero attached hydrogens (tertiary/aromatic N) is 2. The van der Waals surface area contributed by atoms with Gasteiger partial charge in [0.25, 0.3) is 0 Å². The molecule has 0 spiro atoms. The highest BCUT2D eigenvalue weighted by Gasteiger charge is 2.16. The SMILES string of the molecule is CCCCC(CC)CC(N)c1nccn1C. The fraction of sp³-hybridized carbons (Fsp3) is 0.769. The molecule has 3 heteroatoms. The van der Waals surface area contributed by atoms with E-state index in [-0.39, 0.29) is 6.04 Å². The number of aryl methyl sites for hydroxylation is 1. The van der Waals surface area contributed by atoms with Crippen LogP contribution in [-0.4, -0.2) is 9.55 Å². The minimum Gasteiger partial charge on any atom is -0.337 e. The number of hydrogen-bond donors (Lipinski definition) is 1. The summed E-state index contributed by atoms with van der Waals surface area (Å²) in [4.78, 5) is 4.32. The molecule has 1 aromatic rings. The number of unbranched alkanes of at least 4 members (excludes halogenated alkanes) is 1. The van der Waals surface area contributed by atoms with E-state index in [1.807, 2.05) is 24.0 Å². The Morgan fingerprint density at radius 1 is 1.44 bits per heavy atom. The summed E-state index contributed by atoms with van der Waals surface area (Å²) in [5.41, 5.74) is 6.21. The van der Waals surface area contributed by atoms with Gasteiger partial charge in [0.15, 0.2) is 0 Å². The van der Waals surface area contributed by atoms with Crippen LogP contribution in [0, 0.1) is 5.92 Å². The van der Waals surface area contributed by atoms with Gasteiger partial charge in [-0.05, 0) is 12.3 Å². The van der Waals surface area contributed by atoms with Crippen LogP contribution in [0.4, 0.5) is 0 Å². The molecule has 3 nitrogen and oxygen atoms in total. The van der Waals surface area contributed by atoms with Crippen LogP contribution >= 0.6 is 0 Å². The van der Waals surface area contributed by atoms with Crippen molar-refractivity contribution in [2.75, 3.05) is 0 Å².